The summed E-state index contributed by atoms with van der Waals surface area (Å²) in [5.41, 5.74) is 2.89. The summed E-state index contributed by atoms with van der Waals surface area (Å²) < 4.78 is 18.8. The van der Waals surface area contributed by atoms with Gasteiger partial charge in [-0.05, 0) is 30.2 Å². The van der Waals surface area contributed by atoms with Crippen LogP contribution in [0.25, 0.3) is 5.78 Å². The molecule has 0 bridgehead atoms. The van der Waals surface area contributed by atoms with Crippen molar-refractivity contribution in [1.82, 2.24) is 19.2 Å². The number of ether oxygens (including phenoxy) is 3. The number of hydrogen-bond donors (Lipinski definition) is 0. The molecule has 2 aliphatic rings. The first-order valence-corrected chi connectivity index (χ1v) is 10.7. The van der Waals surface area contributed by atoms with Crippen LogP contribution >= 0.6 is 0 Å². The number of benzene rings is 1. The monoisotopic (exact) mass is 439 g/mol. The highest BCUT2D eigenvalue weighted by atomic mass is 16.5. The topological polar surface area (TPSA) is 100 Å². The predicted octanol–water partition coefficient (Wildman–Crippen LogP) is 1.45. The molecule has 1 fully saturated rings. The van der Waals surface area contributed by atoms with E-state index < -0.39 is 11.7 Å². The molecule has 0 N–H and O–H groups in total. The van der Waals surface area contributed by atoms with Gasteiger partial charge in [0.1, 0.15) is 24.2 Å². The summed E-state index contributed by atoms with van der Waals surface area (Å²) in [5, 5.41) is 4.19. The third kappa shape index (κ3) is 3.81. The van der Waals surface area contributed by atoms with E-state index in [-0.39, 0.29) is 18.4 Å². The van der Waals surface area contributed by atoms with Gasteiger partial charge in [-0.1, -0.05) is 6.07 Å². The van der Waals surface area contributed by atoms with Gasteiger partial charge in [-0.25, -0.2) is 9.20 Å². The predicted molar refractivity (Wildman–Crippen MR) is 115 cm³/mol. The molecule has 1 aromatic carbocycles. The molecule has 10 heteroatoms. The summed E-state index contributed by atoms with van der Waals surface area (Å²) in [6.45, 7) is 4.58. The molecule has 2 aromatic heterocycles. The van der Waals surface area contributed by atoms with Gasteiger partial charge in [-0.2, -0.15) is 9.67 Å². The van der Waals surface area contributed by atoms with Crippen molar-refractivity contribution in [2.45, 2.75) is 45.6 Å². The van der Waals surface area contributed by atoms with Crippen molar-refractivity contribution in [3.05, 3.63) is 51.6 Å². The Balaban J connectivity index is 1.28. The summed E-state index contributed by atoms with van der Waals surface area (Å²) in [4.78, 5) is 30.8. The van der Waals surface area contributed by atoms with E-state index in [9.17, 15) is 9.59 Å². The van der Waals surface area contributed by atoms with Crippen LogP contribution in [0.15, 0.2) is 29.2 Å². The number of fused-ring (bicyclic) bond motifs is 2. The van der Waals surface area contributed by atoms with Crippen molar-refractivity contribution >= 4 is 17.6 Å². The molecule has 5 rings (SSSR count). The minimum atomic E-state index is -0.537. The van der Waals surface area contributed by atoms with E-state index in [1.165, 1.54) is 22.6 Å². The molecule has 0 spiro atoms. The zero-order valence-corrected chi connectivity index (χ0v) is 18.1. The highest BCUT2D eigenvalue weighted by molar-refractivity contribution is 5.68. The fraction of sp³-hybridized carbons (Fsp3) is 0.455. The van der Waals surface area contributed by atoms with Gasteiger partial charge >= 0.3 is 11.7 Å². The molecular weight excluding hydrogens is 414 g/mol. The van der Waals surface area contributed by atoms with E-state index in [0.717, 1.165) is 47.7 Å². The summed E-state index contributed by atoms with van der Waals surface area (Å²) in [6.07, 6.45) is 3.58. The Morgan fingerprint density at radius 2 is 2.00 bits per heavy atom. The number of nitrogens with zero attached hydrogens (tertiary/aromatic N) is 5. The van der Waals surface area contributed by atoms with Crippen LogP contribution in [-0.2, 0) is 34.0 Å². The van der Waals surface area contributed by atoms with Gasteiger partial charge in [0, 0.05) is 37.7 Å². The van der Waals surface area contributed by atoms with Gasteiger partial charge in [0.25, 0.3) is 5.78 Å². The number of hydrogen-bond acceptors (Lipinski definition) is 8. The number of carbonyl (C=O) groups excluding carboxylic acids is 1. The average Bonchev–Trinajstić information content (AvgIpc) is 3.38. The number of anilines is 1. The highest BCUT2D eigenvalue weighted by Crippen LogP contribution is 2.28. The van der Waals surface area contributed by atoms with E-state index in [2.05, 4.69) is 31.9 Å². The largest absolute Gasteiger partial charge is 0.490 e. The lowest BCUT2D eigenvalue weighted by Gasteiger charge is -2.33. The first kappa shape index (κ1) is 20.5. The minimum absolute atomic E-state index is 0.137. The zero-order chi connectivity index (χ0) is 22.2. The van der Waals surface area contributed by atoms with Gasteiger partial charge in [-0.15, -0.1) is 5.10 Å². The molecule has 2 aliphatic heterocycles. The molecular formula is C22H25N5O5. The highest BCUT2D eigenvalue weighted by Gasteiger charge is 2.24. The molecule has 0 aliphatic carbocycles. The lowest BCUT2D eigenvalue weighted by Crippen LogP contribution is -2.39. The maximum Gasteiger partial charge on any atom is 0.352 e. The molecule has 1 saturated heterocycles. The van der Waals surface area contributed by atoms with Crippen molar-refractivity contribution in [2.24, 2.45) is 0 Å². The third-order valence-corrected chi connectivity index (χ3v) is 5.98. The molecule has 0 radical (unpaired) electrons. The number of carbonyl (C=O) groups is 1. The Morgan fingerprint density at radius 1 is 1.22 bits per heavy atom. The minimum Gasteiger partial charge on any atom is -0.490 e. The van der Waals surface area contributed by atoms with Crippen molar-refractivity contribution in [3.8, 4) is 5.75 Å². The molecule has 0 amide bonds. The van der Waals surface area contributed by atoms with Gasteiger partial charge in [0.2, 0.25) is 0 Å². The summed E-state index contributed by atoms with van der Waals surface area (Å²) in [6, 6.07) is 6.18. The molecule has 10 nitrogen and oxygen atoms in total. The fourth-order valence-electron chi connectivity index (χ4n) is 4.24. The van der Waals surface area contributed by atoms with Crippen molar-refractivity contribution in [3.63, 3.8) is 0 Å². The SMILES string of the molecule is COC(=O)Cn1nc2nc(N3CCC(Oc4ccc5c(c4)COC5)CC3)c(C)cn2c1=O. The number of esters is 1. The third-order valence-electron chi connectivity index (χ3n) is 5.98. The maximum atomic E-state index is 12.5. The molecule has 4 heterocycles. The smallest absolute Gasteiger partial charge is 0.352 e. The van der Waals surface area contributed by atoms with E-state index in [4.69, 9.17) is 9.47 Å². The number of aromatic nitrogens is 4. The average molecular weight is 439 g/mol. The molecule has 32 heavy (non-hydrogen) atoms. The first-order chi connectivity index (χ1) is 15.5. The molecule has 0 atom stereocenters. The van der Waals surface area contributed by atoms with Crippen molar-refractivity contribution < 1.29 is 19.0 Å². The number of methoxy groups -OCH3 is 1. The van der Waals surface area contributed by atoms with E-state index in [0.29, 0.717) is 13.2 Å². The van der Waals surface area contributed by atoms with Crippen LogP contribution in [0.5, 0.6) is 5.75 Å². The standard InChI is InChI=1S/C22H25N5O5/c1-14-10-26-21(24-27(22(26)29)11-19(28)30-2)23-20(14)25-7-5-17(6-8-25)32-18-4-3-15-12-31-13-16(15)9-18/h3-4,9-10,17H,5-8,11-13H2,1-2H3. The lowest BCUT2D eigenvalue weighted by molar-refractivity contribution is -0.141. The molecule has 0 saturated carbocycles. The van der Waals surface area contributed by atoms with Crippen LogP contribution in [0.2, 0.25) is 0 Å². The van der Waals surface area contributed by atoms with E-state index >= 15 is 0 Å². The van der Waals surface area contributed by atoms with Gasteiger partial charge in [0.15, 0.2) is 0 Å². The number of rotatable bonds is 5. The van der Waals surface area contributed by atoms with Crippen LogP contribution in [0.4, 0.5) is 5.82 Å². The van der Waals surface area contributed by atoms with Gasteiger partial charge in [-0.3, -0.25) is 4.79 Å². The van der Waals surface area contributed by atoms with Gasteiger partial charge < -0.3 is 19.1 Å². The Hall–Kier alpha value is -3.40. The lowest BCUT2D eigenvalue weighted by atomic mass is 10.1. The summed E-state index contributed by atoms with van der Waals surface area (Å²) >= 11 is 0. The second kappa shape index (κ2) is 8.27. The Morgan fingerprint density at radius 3 is 2.78 bits per heavy atom. The fourth-order valence-corrected chi connectivity index (χ4v) is 4.24. The summed E-state index contributed by atoms with van der Waals surface area (Å²) in [7, 11) is 1.27. The zero-order valence-electron chi connectivity index (χ0n) is 18.1. The summed E-state index contributed by atoms with van der Waals surface area (Å²) in [5.74, 6) is 1.41. The Labute approximate surface area is 184 Å². The molecule has 168 valence electrons. The maximum absolute atomic E-state index is 12.5. The molecule has 0 unspecified atom stereocenters. The van der Waals surface area contributed by atoms with E-state index in [1.807, 2.05) is 13.0 Å². The Kier molecular flexibility index (Phi) is 5.30. The first-order valence-electron chi connectivity index (χ1n) is 10.7. The van der Waals surface area contributed by atoms with Crippen LogP contribution in [0.3, 0.4) is 0 Å². The van der Waals surface area contributed by atoms with Crippen LogP contribution in [0, 0.1) is 6.92 Å². The molecule has 3 aromatic rings. The Bertz CT molecular complexity index is 1230. The van der Waals surface area contributed by atoms with Gasteiger partial charge in [0.05, 0.1) is 20.3 Å². The second-order valence-electron chi connectivity index (χ2n) is 8.16. The van der Waals surface area contributed by atoms with Crippen molar-refractivity contribution in [2.75, 3.05) is 25.1 Å². The quantitative estimate of drug-likeness (QED) is 0.551. The van der Waals surface area contributed by atoms with Crippen molar-refractivity contribution in [1.29, 1.82) is 0 Å². The van der Waals surface area contributed by atoms with Crippen LogP contribution < -0.4 is 15.3 Å². The number of piperidine rings is 1. The second-order valence-corrected chi connectivity index (χ2v) is 8.16. The normalized spacial score (nSPS) is 16.4. The van der Waals surface area contributed by atoms with Crippen LogP contribution in [0.1, 0.15) is 29.5 Å². The van der Waals surface area contributed by atoms with E-state index in [1.54, 1.807) is 6.20 Å². The van der Waals surface area contributed by atoms with Crippen LogP contribution in [-0.4, -0.2) is 51.4 Å². The number of aryl methyl sites for hydroxylation is 1.